The van der Waals surface area contributed by atoms with Crippen molar-refractivity contribution in [1.82, 2.24) is 9.88 Å². The molecule has 0 radical (unpaired) electrons. The summed E-state index contributed by atoms with van der Waals surface area (Å²) in [5.41, 5.74) is 3.81. The molecule has 0 spiro atoms. The molecule has 1 aliphatic heterocycles. The van der Waals surface area contributed by atoms with Gasteiger partial charge in [-0.25, -0.2) is 8.78 Å². The van der Waals surface area contributed by atoms with Crippen LogP contribution in [0.1, 0.15) is 49.6 Å². The number of nitrogens with one attached hydrogen (secondary N) is 1. The number of halogens is 2. The van der Waals surface area contributed by atoms with Crippen LogP contribution < -0.4 is 5.32 Å². The first-order valence-corrected chi connectivity index (χ1v) is 10.7. The Kier molecular flexibility index (Phi) is 8.79. The zero-order chi connectivity index (χ0) is 23.3. The number of hydrogen-bond acceptors (Lipinski definition) is 4. The molecule has 172 valence electrons. The molecule has 1 fully saturated rings. The van der Waals surface area contributed by atoms with E-state index in [-0.39, 0.29) is 31.2 Å². The monoisotopic (exact) mass is 436 g/mol. The van der Waals surface area contributed by atoms with Crippen molar-refractivity contribution in [2.75, 3.05) is 6.61 Å². The van der Waals surface area contributed by atoms with Crippen molar-refractivity contribution in [2.24, 2.45) is 5.92 Å². The Morgan fingerprint density at radius 1 is 1.29 bits per heavy atom. The maximum Gasteiger partial charge on any atom is 0.175 e. The van der Waals surface area contributed by atoms with Crippen LogP contribution in [0.2, 0.25) is 0 Å². The highest BCUT2D eigenvalue weighted by atomic mass is 19.1. The number of nitrogens with zero attached hydrogens (tertiary/aromatic N) is 1. The Labute approximate surface area is 183 Å². The molecule has 3 N–H and O–H groups in total. The van der Waals surface area contributed by atoms with E-state index in [1.807, 2.05) is 45.4 Å². The molecule has 0 saturated carbocycles. The van der Waals surface area contributed by atoms with Crippen molar-refractivity contribution in [3.63, 3.8) is 0 Å². The van der Waals surface area contributed by atoms with Crippen molar-refractivity contribution in [1.29, 1.82) is 0 Å². The predicted molar refractivity (Wildman–Crippen MR) is 118 cm³/mol. The second-order valence-corrected chi connectivity index (χ2v) is 7.81. The van der Waals surface area contributed by atoms with E-state index in [0.717, 1.165) is 22.9 Å². The first-order chi connectivity index (χ1) is 14.7. The SMILES string of the molecule is C=C(N[C@@H]1C(C)CC(CO)OC1O)c1cn(Cc2ccc(F)cc2F)c(C)c1C.CC. The molecule has 0 amide bonds. The summed E-state index contributed by atoms with van der Waals surface area (Å²) in [6.07, 6.45) is 1.08. The van der Waals surface area contributed by atoms with Gasteiger partial charge in [-0.3, -0.25) is 0 Å². The van der Waals surface area contributed by atoms with Gasteiger partial charge in [0, 0.05) is 34.8 Å². The van der Waals surface area contributed by atoms with Crippen molar-refractivity contribution in [2.45, 2.75) is 66.0 Å². The molecular weight excluding hydrogens is 402 g/mol. The first-order valence-electron chi connectivity index (χ1n) is 10.7. The van der Waals surface area contributed by atoms with Crippen LogP contribution in [0.25, 0.3) is 5.70 Å². The summed E-state index contributed by atoms with van der Waals surface area (Å²) in [5, 5.41) is 22.8. The molecular formula is C24H34F2N2O3. The molecule has 31 heavy (non-hydrogen) atoms. The lowest BCUT2D eigenvalue weighted by molar-refractivity contribution is -0.198. The predicted octanol–water partition coefficient (Wildman–Crippen LogP) is 4.12. The number of hydrogen-bond donors (Lipinski definition) is 3. The summed E-state index contributed by atoms with van der Waals surface area (Å²) in [6.45, 7) is 14.1. The average Bonchev–Trinajstić information content (AvgIpc) is 3.02. The van der Waals surface area contributed by atoms with E-state index in [0.29, 0.717) is 17.7 Å². The summed E-state index contributed by atoms with van der Waals surface area (Å²) in [6, 6.07) is 3.22. The Hall–Kier alpha value is -2.22. The fourth-order valence-corrected chi connectivity index (χ4v) is 3.85. The molecule has 0 bridgehead atoms. The average molecular weight is 437 g/mol. The van der Waals surface area contributed by atoms with Crippen LogP contribution in [-0.2, 0) is 11.3 Å². The molecule has 2 heterocycles. The highest BCUT2D eigenvalue weighted by Gasteiger charge is 2.35. The van der Waals surface area contributed by atoms with Gasteiger partial charge in [-0.2, -0.15) is 0 Å². The fourth-order valence-electron chi connectivity index (χ4n) is 3.85. The number of ether oxygens (including phenoxy) is 1. The van der Waals surface area contributed by atoms with Crippen LogP contribution >= 0.6 is 0 Å². The van der Waals surface area contributed by atoms with E-state index in [1.165, 1.54) is 12.1 Å². The van der Waals surface area contributed by atoms with E-state index in [2.05, 4.69) is 11.9 Å². The minimum atomic E-state index is -1.05. The standard InChI is InChI=1S/C22H28F2N2O3.C2H6/c1-12-7-18(11-27)29-22(28)21(12)25-14(3)19-10-26(15(4)13(19)2)9-16-5-6-17(23)8-20(16)24;1-2/h5-6,8,10,12,18,21-22,25,27-28H,3,7,9,11H2,1-2,4H3;1-2H3/t12?,18?,21-,22?;/m1./s1. The van der Waals surface area contributed by atoms with E-state index in [9.17, 15) is 19.0 Å². The Balaban J connectivity index is 0.00000166. The van der Waals surface area contributed by atoms with Gasteiger partial charge in [-0.15, -0.1) is 0 Å². The lowest BCUT2D eigenvalue weighted by Crippen LogP contribution is -2.52. The molecule has 7 heteroatoms. The maximum atomic E-state index is 14.0. The molecule has 3 rings (SSSR count). The molecule has 1 aliphatic rings. The lowest BCUT2D eigenvalue weighted by atomic mass is 9.91. The molecule has 4 atom stereocenters. The second kappa shape index (κ2) is 10.9. The number of aliphatic hydroxyl groups is 2. The third kappa shape index (κ3) is 5.73. The van der Waals surface area contributed by atoms with Gasteiger partial charge in [-0.05, 0) is 37.8 Å². The molecule has 1 aromatic carbocycles. The summed E-state index contributed by atoms with van der Waals surface area (Å²) >= 11 is 0. The van der Waals surface area contributed by atoms with Crippen LogP contribution in [0.3, 0.4) is 0 Å². The Bertz CT molecular complexity index is 885. The quantitative estimate of drug-likeness (QED) is 0.637. The second-order valence-electron chi connectivity index (χ2n) is 7.81. The minimum Gasteiger partial charge on any atom is -0.394 e. The third-order valence-electron chi connectivity index (χ3n) is 5.77. The van der Waals surface area contributed by atoms with Crippen molar-refractivity contribution >= 4 is 5.70 Å². The van der Waals surface area contributed by atoms with E-state index >= 15 is 0 Å². The molecule has 0 aliphatic carbocycles. The zero-order valence-corrected chi connectivity index (χ0v) is 19.0. The van der Waals surface area contributed by atoms with Crippen molar-refractivity contribution in [3.05, 3.63) is 65.0 Å². The van der Waals surface area contributed by atoms with Crippen LogP contribution in [0.5, 0.6) is 0 Å². The highest BCUT2D eigenvalue weighted by molar-refractivity contribution is 5.65. The van der Waals surface area contributed by atoms with E-state index in [1.54, 1.807) is 0 Å². The van der Waals surface area contributed by atoms with Crippen LogP contribution in [0.4, 0.5) is 8.78 Å². The largest absolute Gasteiger partial charge is 0.394 e. The molecule has 1 saturated heterocycles. The van der Waals surface area contributed by atoms with Crippen LogP contribution in [0.15, 0.2) is 31.0 Å². The van der Waals surface area contributed by atoms with Gasteiger partial charge in [0.1, 0.15) is 11.6 Å². The number of benzene rings is 1. The topological polar surface area (TPSA) is 66.7 Å². The molecule has 3 unspecified atom stereocenters. The number of rotatable bonds is 6. The third-order valence-corrected chi connectivity index (χ3v) is 5.77. The van der Waals surface area contributed by atoms with Gasteiger partial charge in [0.05, 0.1) is 25.3 Å². The Morgan fingerprint density at radius 2 is 1.97 bits per heavy atom. The molecule has 5 nitrogen and oxygen atoms in total. The summed E-state index contributed by atoms with van der Waals surface area (Å²) < 4.78 is 34.5. The van der Waals surface area contributed by atoms with Crippen LogP contribution in [0, 0.1) is 31.4 Å². The highest BCUT2D eigenvalue weighted by Crippen LogP contribution is 2.28. The summed E-state index contributed by atoms with van der Waals surface area (Å²) in [7, 11) is 0. The fraction of sp³-hybridized carbons (Fsp3) is 0.500. The van der Waals surface area contributed by atoms with E-state index in [4.69, 9.17) is 4.74 Å². The zero-order valence-electron chi connectivity index (χ0n) is 19.0. The summed E-state index contributed by atoms with van der Waals surface area (Å²) in [4.78, 5) is 0. The Morgan fingerprint density at radius 3 is 2.55 bits per heavy atom. The minimum absolute atomic E-state index is 0.0736. The van der Waals surface area contributed by atoms with Gasteiger partial charge < -0.3 is 24.8 Å². The van der Waals surface area contributed by atoms with Crippen molar-refractivity contribution < 1.29 is 23.7 Å². The smallest absolute Gasteiger partial charge is 0.175 e. The van der Waals surface area contributed by atoms with E-state index < -0.39 is 17.9 Å². The normalized spacial score (nSPS) is 23.1. The lowest BCUT2D eigenvalue weighted by Gasteiger charge is -2.38. The van der Waals surface area contributed by atoms with Crippen LogP contribution in [-0.4, -0.2) is 39.8 Å². The first kappa shape index (κ1) is 25.0. The molecule has 2 aromatic rings. The van der Waals surface area contributed by atoms with Crippen molar-refractivity contribution in [3.8, 4) is 0 Å². The van der Waals surface area contributed by atoms with Gasteiger partial charge in [0.25, 0.3) is 0 Å². The number of aliphatic hydroxyl groups excluding tert-OH is 2. The van der Waals surface area contributed by atoms with Gasteiger partial charge in [0.2, 0.25) is 0 Å². The van der Waals surface area contributed by atoms with Gasteiger partial charge in [-0.1, -0.05) is 33.4 Å². The number of aromatic nitrogens is 1. The van der Waals surface area contributed by atoms with Gasteiger partial charge in [0.15, 0.2) is 6.29 Å². The summed E-state index contributed by atoms with van der Waals surface area (Å²) in [5.74, 6) is -1.11. The maximum absolute atomic E-state index is 14.0. The van der Waals surface area contributed by atoms with Gasteiger partial charge >= 0.3 is 0 Å². The molecule has 1 aromatic heterocycles.